The van der Waals surface area contributed by atoms with E-state index in [2.05, 4.69) is 16.0 Å². The van der Waals surface area contributed by atoms with Gasteiger partial charge in [0, 0.05) is 12.1 Å². The third-order valence-corrected chi connectivity index (χ3v) is 3.50. The van der Waals surface area contributed by atoms with Gasteiger partial charge in [0.2, 0.25) is 11.8 Å². The van der Waals surface area contributed by atoms with Crippen LogP contribution in [0, 0.1) is 11.7 Å². The molecule has 0 aliphatic carbocycles. The van der Waals surface area contributed by atoms with E-state index in [4.69, 9.17) is 0 Å². The van der Waals surface area contributed by atoms with E-state index in [1.54, 1.807) is 6.07 Å². The maximum atomic E-state index is 13.0. The molecule has 21 heavy (non-hydrogen) atoms. The van der Waals surface area contributed by atoms with Gasteiger partial charge in [0.1, 0.15) is 5.82 Å². The predicted octanol–water partition coefficient (Wildman–Crippen LogP) is 1.27. The summed E-state index contributed by atoms with van der Waals surface area (Å²) in [4.78, 5) is 23.3. The van der Waals surface area contributed by atoms with Crippen LogP contribution in [-0.2, 0) is 9.59 Å². The van der Waals surface area contributed by atoms with Gasteiger partial charge in [-0.25, -0.2) is 4.39 Å². The molecule has 1 aromatic rings. The number of hydrogen-bond acceptors (Lipinski definition) is 3. The van der Waals surface area contributed by atoms with Crippen molar-refractivity contribution in [3.63, 3.8) is 0 Å². The Morgan fingerprint density at radius 3 is 2.90 bits per heavy atom. The van der Waals surface area contributed by atoms with Gasteiger partial charge < -0.3 is 16.0 Å². The number of nitrogens with one attached hydrogen (secondary N) is 3. The van der Waals surface area contributed by atoms with Crippen LogP contribution in [0.15, 0.2) is 24.3 Å². The highest BCUT2D eigenvalue weighted by Crippen LogP contribution is 2.13. The van der Waals surface area contributed by atoms with Gasteiger partial charge in [-0.3, -0.25) is 9.59 Å². The van der Waals surface area contributed by atoms with Crippen molar-refractivity contribution in [2.45, 2.75) is 19.3 Å². The molecule has 2 amide bonds. The predicted molar refractivity (Wildman–Crippen MR) is 78.3 cm³/mol. The monoisotopic (exact) mass is 293 g/mol. The van der Waals surface area contributed by atoms with Crippen LogP contribution in [0.5, 0.6) is 0 Å². The van der Waals surface area contributed by atoms with E-state index in [-0.39, 0.29) is 18.4 Å². The van der Waals surface area contributed by atoms with E-state index in [1.807, 2.05) is 0 Å². The molecule has 1 fully saturated rings. The molecule has 1 heterocycles. The van der Waals surface area contributed by atoms with Crippen molar-refractivity contribution >= 4 is 17.5 Å². The van der Waals surface area contributed by atoms with E-state index in [0.29, 0.717) is 18.0 Å². The Bertz CT molecular complexity index is 501. The van der Waals surface area contributed by atoms with Crippen LogP contribution in [-0.4, -0.2) is 31.4 Å². The molecule has 0 spiro atoms. The Morgan fingerprint density at radius 1 is 1.33 bits per heavy atom. The first kappa shape index (κ1) is 15.4. The molecule has 0 radical (unpaired) electrons. The Hall–Kier alpha value is -1.95. The lowest BCUT2D eigenvalue weighted by molar-refractivity contribution is -0.124. The number of rotatable bonds is 6. The molecule has 2 rings (SSSR count). The average molecular weight is 293 g/mol. The number of amides is 2. The van der Waals surface area contributed by atoms with E-state index < -0.39 is 5.82 Å². The maximum absolute atomic E-state index is 13.0. The normalized spacial score (nSPS) is 17.5. The smallest absolute Gasteiger partial charge is 0.243 e. The topological polar surface area (TPSA) is 70.2 Å². The Labute approximate surface area is 123 Å². The molecule has 1 saturated heterocycles. The first-order valence-electron chi connectivity index (χ1n) is 7.16. The molecule has 1 atom stereocenters. The second kappa shape index (κ2) is 7.73. The van der Waals surface area contributed by atoms with Crippen molar-refractivity contribution in [2.75, 3.05) is 25.0 Å². The fourth-order valence-corrected chi connectivity index (χ4v) is 2.33. The molecule has 0 bridgehead atoms. The Kier molecular flexibility index (Phi) is 5.68. The molecule has 3 N–H and O–H groups in total. The van der Waals surface area contributed by atoms with Gasteiger partial charge >= 0.3 is 0 Å². The van der Waals surface area contributed by atoms with Crippen LogP contribution in [0.3, 0.4) is 0 Å². The maximum Gasteiger partial charge on any atom is 0.243 e. The lowest BCUT2D eigenvalue weighted by Crippen LogP contribution is -2.33. The Balaban J connectivity index is 1.64. The summed E-state index contributed by atoms with van der Waals surface area (Å²) in [6, 6.07) is 5.64. The molecule has 5 nitrogen and oxygen atoms in total. The number of anilines is 1. The largest absolute Gasteiger partial charge is 0.347 e. The number of halogens is 1. The highest BCUT2D eigenvalue weighted by atomic mass is 19.1. The van der Waals surface area contributed by atoms with Gasteiger partial charge in [0.25, 0.3) is 0 Å². The fourth-order valence-electron chi connectivity index (χ4n) is 2.33. The standard InChI is InChI=1S/C15H20FN3O2/c16-12-2-1-3-13(8-12)19-15(21)10-18-14(20)5-4-11-6-7-17-9-11/h1-3,8,11,17H,4-7,9-10H2,(H,18,20)(H,19,21). The molecule has 0 aromatic heterocycles. The van der Waals surface area contributed by atoms with Crippen LogP contribution in [0.1, 0.15) is 19.3 Å². The van der Waals surface area contributed by atoms with Crippen LogP contribution in [0.25, 0.3) is 0 Å². The van der Waals surface area contributed by atoms with Crippen molar-refractivity contribution < 1.29 is 14.0 Å². The average Bonchev–Trinajstić information content (AvgIpc) is 2.96. The summed E-state index contributed by atoms with van der Waals surface area (Å²) in [5.74, 6) is -0.355. The SMILES string of the molecule is O=C(CCC1CCNC1)NCC(=O)Nc1cccc(F)c1. The van der Waals surface area contributed by atoms with E-state index in [0.717, 1.165) is 25.9 Å². The first-order chi connectivity index (χ1) is 10.1. The summed E-state index contributed by atoms with van der Waals surface area (Å²) in [5.41, 5.74) is 0.381. The van der Waals surface area contributed by atoms with Gasteiger partial charge in [-0.05, 0) is 50.0 Å². The lowest BCUT2D eigenvalue weighted by Gasteiger charge is -2.09. The number of carbonyl (C=O) groups excluding carboxylic acids is 2. The summed E-state index contributed by atoms with van der Waals surface area (Å²) < 4.78 is 13.0. The minimum absolute atomic E-state index is 0.0989. The van der Waals surface area contributed by atoms with Crippen LogP contribution < -0.4 is 16.0 Å². The molecular weight excluding hydrogens is 273 g/mol. The summed E-state index contributed by atoms with van der Waals surface area (Å²) >= 11 is 0. The third-order valence-electron chi connectivity index (χ3n) is 3.50. The molecule has 1 aromatic carbocycles. The van der Waals surface area contributed by atoms with Crippen LogP contribution in [0.4, 0.5) is 10.1 Å². The molecule has 6 heteroatoms. The van der Waals surface area contributed by atoms with Gasteiger partial charge in [-0.2, -0.15) is 0 Å². The van der Waals surface area contributed by atoms with Gasteiger partial charge in [-0.1, -0.05) is 6.07 Å². The third kappa shape index (κ3) is 5.51. The molecule has 0 saturated carbocycles. The highest BCUT2D eigenvalue weighted by Gasteiger charge is 2.15. The minimum atomic E-state index is -0.415. The second-order valence-electron chi connectivity index (χ2n) is 5.23. The first-order valence-corrected chi connectivity index (χ1v) is 7.16. The zero-order chi connectivity index (χ0) is 15.1. The Morgan fingerprint density at radius 2 is 2.19 bits per heavy atom. The van der Waals surface area contributed by atoms with E-state index >= 15 is 0 Å². The summed E-state index contributed by atoms with van der Waals surface area (Å²) in [6.07, 6.45) is 2.37. The fraction of sp³-hybridized carbons (Fsp3) is 0.467. The molecule has 1 aliphatic rings. The molecule has 1 unspecified atom stereocenters. The van der Waals surface area contributed by atoms with Crippen molar-refractivity contribution in [2.24, 2.45) is 5.92 Å². The van der Waals surface area contributed by atoms with Crippen molar-refractivity contribution in [3.05, 3.63) is 30.1 Å². The van der Waals surface area contributed by atoms with Crippen molar-refractivity contribution in [1.82, 2.24) is 10.6 Å². The zero-order valence-corrected chi connectivity index (χ0v) is 11.8. The van der Waals surface area contributed by atoms with Crippen LogP contribution in [0.2, 0.25) is 0 Å². The molecule has 1 aliphatic heterocycles. The van der Waals surface area contributed by atoms with Crippen molar-refractivity contribution in [3.8, 4) is 0 Å². The summed E-state index contributed by atoms with van der Waals surface area (Å²) in [7, 11) is 0. The second-order valence-corrected chi connectivity index (χ2v) is 5.23. The van der Waals surface area contributed by atoms with Crippen molar-refractivity contribution in [1.29, 1.82) is 0 Å². The number of carbonyl (C=O) groups is 2. The number of benzene rings is 1. The molecule has 114 valence electrons. The van der Waals surface area contributed by atoms with E-state index in [9.17, 15) is 14.0 Å². The number of hydrogen-bond donors (Lipinski definition) is 3. The minimum Gasteiger partial charge on any atom is -0.347 e. The molecular formula is C15H20FN3O2. The summed E-state index contributed by atoms with van der Waals surface area (Å²) in [6.45, 7) is 1.88. The highest BCUT2D eigenvalue weighted by molar-refractivity contribution is 5.94. The van der Waals surface area contributed by atoms with Gasteiger partial charge in [0.15, 0.2) is 0 Å². The zero-order valence-electron chi connectivity index (χ0n) is 11.8. The van der Waals surface area contributed by atoms with Crippen LogP contribution >= 0.6 is 0 Å². The van der Waals surface area contributed by atoms with Gasteiger partial charge in [-0.15, -0.1) is 0 Å². The quantitative estimate of drug-likeness (QED) is 0.740. The van der Waals surface area contributed by atoms with Gasteiger partial charge in [0.05, 0.1) is 6.54 Å². The van der Waals surface area contributed by atoms with E-state index in [1.165, 1.54) is 18.2 Å². The summed E-state index contributed by atoms with van der Waals surface area (Å²) in [5, 5.41) is 8.36. The lowest BCUT2D eigenvalue weighted by atomic mass is 10.0.